The van der Waals surface area contributed by atoms with Crippen LogP contribution in [0.15, 0.2) is 60.8 Å². The Hall–Kier alpha value is -2.92. The molecule has 2 aliphatic rings. The fourth-order valence-electron chi connectivity index (χ4n) is 4.74. The predicted octanol–water partition coefficient (Wildman–Crippen LogP) is 4.89. The summed E-state index contributed by atoms with van der Waals surface area (Å²) in [6, 6.07) is 18.6. The van der Waals surface area contributed by atoms with Crippen LogP contribution in [0.2, 0.25) is 0 Å². The number of hydrogen-bond acceptors (Lipinski definition) is 4. The van der Waals surface area contributed by atoms with Crippen LogP contribution in [0.4, 0.5) is 5.69 Å². The molecule has 2 saturated heterocycles. The third-order valence-corrected chi connectivity index (χ3v) is 6.00. The number of nitrogens with zero attached hydrogens (tertiary/aromatic N) is 1. The van der Waals surface area contributed by atoms with E-state index in [9.17, 15) is 4.79 Å². The van der Waals surface area contributed by atoms with Gasteiger partial charge in [0.05, 0.1) is 5.52 Å². The summed E-state index contributed by atoms with van der Waals surface area (Å²) in [5.74, 6) is 2.02. The van der Waals surface area contributed by atoms with Gasteiger partial charge in [0.1, 0.15) is 11.5 Å². The molecule has 2 unspecified atom stereocenters. The zero-order valence-corrected chi connectivity index (χ0v) is 16.3. The molecule has 5 rings (SSSR count). The topological polar surface area (TPSA) is 63.2 Å². The molecule has 0 radical (unpaired) electrons. The van der Waals surface area contributed by atoms with E-state index in [0.29, 0.717) is 30.2 Å². The van der Waals surface area contributed by atoms with Gasteiger partial charge < -0.3 is 15.4 Å². The van der Waals surface area contributed by atoms with Crippen molar-refractivity contribution in [2.24, 2.45) is 5.92 Å². The molecule has 5 nitrogen and oxygen atoms in total. The Bertz CT molecular complexity index is 1020. The molecule has 1 amide bonds. The molecule has 2 aromatic carbocycles. The molecule has 3 aromatic rings. The highest BCUT2D eigenvalue weighted by molar-refractivity contribution is 5.91. The third kappa shape index (κ3) is 4.10. The minimum atomic E-state index is 0.0859. The van der Waals surface area contributed by atoms with Crippen molar-refractivity contribution >= 4 is 22.5 Å². The summed E-state index contributed by atoms with van der Waals surface area (Å²) in [7, 11) is 0. The van der Waals surface area contributed by atoms with Crippen LogP contribution in [0.3, 0.4) is 0 Å². The lowest BCUT2D eigenvalue weighted by atomic mass is 9.89. The van der Waals surface area contributed by atoms with Crippen molar-refractivity contribution in [1.82, 2.24) is 10.3 Å². The molecular weight excluding hydrogens is 362 g/mol. The van der Waals surface area contributed by atoms with Gasteiger partial charge in [-0.3, -0.25) is 9.78 Å². The summed E-state index contributed by atoms with van der Waals surface area (Å²) in [6.07, 6.45) is 7.08. The zero-order chi connectivity index (χ0) is 19.6. The maximum Gasteiger partial charge on any atom is 0.224 e. The Morgan fingerprint density at radius 1 is 1.07 bits per heavy atom. The number of ether oxygens (including phenoxy) is 1. The lowest BCUT2D eigenvalue weighted by molar-refractivity contribution is -0.117. The molecule has 1 aromatic heterocycles. The molecule has 0 saturated carbocycles. The molecule has 5 heteroatoms. The van der Waals surface area contributed by atoms with Gasteiger partial charge in [-0.05, 0) is 61.9 Å². The molecular formula is C24H25N3O2. The van der Waals surface area contributed by atoms with E-state index in [1.165, 1.54) is 12.8 Å². The fraction of sp³-hybridized carbons (Fsp3) is 0.333. The monoisotopic (exact) mass is 387 g/mol. The Balaban J connectivity index is 1.25. The van der Waals surface area contributed by atoms with Crippen LogP contribution >= 0.6 is 0 Å². The number of carbonyl (C=O) groups is 1. The smallest absolute Gasteiger partial charge is 0.224 e. The molecule has 0 aliphatic carbocycles. The molecule has 2 atom stereocenters. The highest BCUT2D eigenvalue weighted by Crippen LogP contribution is 2.33. The van der Waals surface area contributed by atoms with E-state index in [2.05, 4.69) is 15.6 Å². The van der Waals surface area contributed by atoms with Crippen molar-refractivity contribution in [2.75, 3.05) is 5.32 Å². The maximum absolute atomic E-state index is 12.6. The number of nitrogens with one attached hydrogen (secondary N) is 2. The van der Waals surface area contributed by atoms with Gasteiger partial charge in [0, 0.05) is 41.8 Å². The number of benzene rings is 2. The van der Waals surface area contributed by atoms with E-state index in [-0.39, 0.29) is 5.91 Å². The summed E-state index contributed by atoms with van der Waals surface area (Å²) in [4.78, 5) is 16.9. The molecule has 0 spiro atoms. The van der Waals surface area contributed by atoms with Crippen molar-refractivity contribution < 1.29 is 9.53 Å². The average Bonchev–Trinajstić information content (AvgIpc) is 3.06. The van der Waals surface area contributed by atoms with Crippen molar-refractivity contribution in [3.63, 3.8) is 0 Å². The van der Waals surface area contributed by atoms with Crippen LogP contribution < -0.4 is 15.4 Å². The second kappa shape index (κ2) is 7.84. The van der Waals surface area contributed by atoms with Crippen LogP contribution in [0.25, 0.3) is 10.9 Å². The standard InChI is InChI=1S/C24H25N3O2/c28-24(14-16-12-18-8-9-19(13-16)26-18)27-17-4-3-5-20(15-17)29-23-10-11-25-22-7-2-1-6-21(22)23/h1-7,10-11,15-16,18-19,26H,8-9,12-14H2,(H,27,28). The quantitative estimate of drug-likeness (QED) is 0.654. The van der Waals surface area contributed by atoms with Crippen LogP contribution in [0, 0.1) is 5.92 Å². The highest BCUT2D eigenvalue weighted by atomic mass is 16.5. The summed E-state index contributed by atoms with van der Waals surface area (Å²) in [5.41, 5.74) is 1.66. The van der Waals surface area contributed by atoms with Crippen molar-refractivity contribution in [3.05, 3.63) is 60.8 Å². The molecule has 3 heterocycles. The number of hydrogen-bond donors (Lipinski definition) is 2. The number of aromatic nitrogens is 1. The van der Waals surface area contributed by atoms with Gasteiger partial charge in [-0.25, -0.2) is 0 Å². The summed E-state index contributed by atoms with van der Waals surface area (Å²) < 4.78 is 6.10. The number of para-hydroxylation sites is 1. The van der Waals surface area contributed by atoms with Crippen molar-refractivity contribution in [2.45, 2.75) is 44.2 Å². The highest BCUT2D eigenvalue weighted by Gasteiger charge is 2.34. The SMILES string of the molecule is O=C(CC1CC2CCC(C1)N2)Nc1cccc(Oc2ccnc3ccccc23)c1. The number of anilines is 1. The Labute approximate surface area is 170 Å². The first-order valence-corrected chi connectivity index (χ1v) is 10.4. The predicted molar refractivity (Wildman–Crippen MR) is 114 cm³/mol. The molecule has 2 N–H and O–H groups in total. The summed E-state index contributed by atoms with van der Waals surface area (Å²) >= 11 is 0. The van der Waals surface area contributed by atoms with E-state index >= 15 is 0 Å². The van der Waals surface area contributed by atoms with E-state index in [4.69, 9.17) is 4.74 Å². The number of rotatable bonds is 5. The Morgan fingerprint density at radius 3 is 2.76 bits per heavy atom. The van der Waals surface area contributed by atoms with Gasteiger partial charge in [-0.15, -0.1) is 0 Å². The minimum Gasteiger partial charge on any atom is -0.457 e. The van der Waals surface area contributed by atoms with E-state index in [0.717, 1.165) is 35.2 Å². The van der Waals surface area contributed by atoms with Crippen LogP contribution in [0.1, 0.15) is 32.1 Å². The lowest BCUT2D eigenvalue weighted by Gasteiger charge is -2.28. The van der Waals surface area contributed by atoms with E-state index in [1.54, 1.807) is 6.20 Å². The van der Waals surface area contributed by atoms with Gasteiger partial charge in [-0.2, -0.15) is 0 Å². The second-order valence-electron chi connectivity index (χ2n) is 8.18. The first-order valence-electron chi connectivity index (χ1n) is 10.4. The van der Waals surface area contributed by atoms with Crippen LogP contribution in [-0.4, -0.2) is 23.0 Å². The number of piperidine rings is 1. The number of carbonyl (C=O) groups excluding carboxylic acids is 1. The Morgan fingerprint density at radius 2 is 1.90 bits per heavy atom. The second-order valence-corrected chi connectivity index (χ2v) is 8.18. The molecule has 148 valence electrons. The van der Waals surface area contributed by atoms with Crippen molar-refractivity contribution in [1.29, 1.82) is 0 Å². The summed E-state index contributed by atoms with van der Waals surface area (Å²) in [5, 5.41) is 7.65. The number of fused-ring (bicyclic) bond motifs is 3. The first-order chi connectivity index (χ1) is 14.2. The molecule has 2 aliphatic heterocycles. The molecule has 2 bridgehead atoms. The van der Waals surface area contributed by atoms with Crippen LogP contribution in [-0.2, 0) is 4.79 Å². The van der Waals surface area contributed by atoms with E-state index in [1.807, 2.05) is 54.6 Å². The van der Waals surface area contributed by atoms with Crippen molar-refractivity contribution in [3.8, 4) is 11.5 Å². The maximum atomic E-state index is 12.6. The van der Waals surface area contributed by atoms with E-state index < -0.39 is 0 Å². The average molecular weight is 387 g/mol. The Kier molecular flexibility index (Phi) is 4.90. The molecule has 29 heavy (non-hydrogen) atoms. The first kappa shape index (κ1) is 18.1. The molecule has 2 fully saturated rings. The van der Waals surface area contributed by atoms with Gasteiger partial charge >= 0.3 is 0 Å². The largest absolute Gasteiger partial charge is 0.457 e. The van der Waals surface area contributed by atoms with Gasteiger partial charge in [-0.1, -0.05) is 18.2 Å². The third-order valence-electron chi connectivity index (χ3n) is 6.00. The lowest BCUT2D eigenvalue weighted by Crippen LogP contribution is -2.39. The minimum absolute atomic E-state index is 0.0859. The van der Waals surface area contributed by atoms with Crippen LogP contribution in [0.5, 0.6) is 11.5 Å². The normalized spacial score (nSPS) is 23.1. The van der Waals surface area contributed by atoms with Gasteiger partial charge in [0.15, 0.2) is 0 Å². The zero-order valence-electron chi connectivity index (χ0n) is 16.3. The van der Waals surface area contributed by atoms with Gasteiger partial charge in [0.2, 0.25) is 5.91 Å². The fourth-order valence-corrected chi connectivity index (χ4v) is 4.74. The summed E-state index contributed by atoms with van der Waals surface area (Å²) in [6.45, 7) is 0. The number of pyridine rings is 1. The number of amides is 1. The van der Waals surface area contributed by atoms with Gasteiger partial charge in [0.25, 0.3) is 0 Å².